The van der Waals surface area contributed by atoms with Crippen LogP contribution in [0.15, 0.2) is 55.0 Å². The number of benzene rings is 2. The van der Waals surface area contributed by atoms with Crippen LogP contribution in [0.5, 0.6) is 5.75 Å². The monoisotopic (exact) mass is 551 g/mol. The number of hydrogen-bond acceptors (Lipinski definition) is 8. The van der Waals surface area contributed by atoms with E-state index in [1.165, 1.54) is 16.5 Å². The van der Waals surface area contributed by atoms with Crippen LogP contribution in [0.1, 0.15) is 12.0 Å². The minimum absolute atomic E-state index is 0.462. The number of anilines is 4. The van der Waals surface area contributed by atoms with E-state index >= 15 is 0 Å². The van der Waals surface area contributed by atoms with E-state index in [9.17, 15) is 0 Å². The number of likely N-dealkylation sites (N-methyl/N-ethyl adjacent to an activating group) is 2. The van der Waals surface area contributed by atoms with Crippen molar-refractivity contribution in [3.63, 3.8) is 0 Å². The number of methoxy groups -OCH3 is 1. The normalized spacial score (nSPS) is 12.7. The number of nitrogen functional groups attached to an aromatic ring is 1. The third-order valence-electron chi connectivity index (χ3n) is 7.86. The molecule has 0 fully saturated rings. The maximum absolute atomic E-state index is 6.53. The van der Waals surface area contributed by atoms with Gasteiger partial charge in [0.2, 0.25) is 5.95 Å². The first-order valence-corrected chi connectivity index (χ1v) is 13.9. The first kappa shape index (κ1) is 26.6. The number of rotatable bonds is 9. The van der Waals surface area contributed by atoms with Crippen molar-refractivity contribution in [3.05, 3.63) is 60.6 Å². The van der Waals surface area contributed by atoms with Crippen LogP contribution in [-0.4, -0.2) is 70.6 Å². The quantitative estimate of drug-likeness (QED) is 0.253. The van der Waals surface area contributed by atoms with Crippen LogP contribution in [0.3, 0.4) is 0 Å². The van der Waals surface area contributed by atoms with E-state index in [1.807, 2.05) is 43.2 Å². The maximum atomic E-state index is 6.53. The Morgan fingerprint density at radius 3 is 2.71 bits per heavy atom. The van der Waals surface area contributed by atoms with Crippen molar-refractivity contribution in [1.82, 2.24) is 29.2 Å². The van der Waals surface area contributed by atoms with E-state index in [0.717, 1.165) is 60.7 Å². The third-order valence-corrected chi connectivity index (χ3v) is 7.86. The first-order chi connectivity index (χ1) is 19.8. The summed E-state index contributed by atoms with van der Waals surface area (Å²) in [6.45, 7) is 2.75. The molecule has 0 radical (unpaired) electrons. The number of hydrogen-bond donors (Lipinski definition) is 2. The molecule has 0 saturated heterocycles. The molecule has 0 bridgehead atoms. The molecular formula is C31H37N9O. The number of ether oxygens (including phenoxy) is 1. The van der Waals surface area contributed by atoms with Gasteiger partial charge in [-0.2, -0.15) is 5.10 Å². The molecule has 0 amide bonds. The lowest BCUT2D eigenvalue weighted by Crippen LogP contribution is -2.29. The molecule has 0 saturated carbocycles. The van der Waals surface area contributed by atoms with E-state index < -0.39 is 0 Å². The summed E-state index contributed by atoms with van der Waals surface area (Å²) < 4.78 is 9.99. The summed E-state index contributed by atoms with van der Waals surface area (Å²) in [5, 5.41) is 8.99. The van der Waals surface area contributed by atoms with Crippen molar-refractivity contribution in [2.45, 2.75) is 19.4 Å². The predicted octanol–water partition coefficient (Wildman–Crippen LogP) is 4.78. The summed E-state index contributed by atoms with van der Waals surface area (Å²) >= 11 is 0. The van der Waals surface area contributed by atoms with E-state index in [-0.39, 0.29) is 0 Å². The third kappa shape index (κ3) is 4.95. The second-order valence-electron chi connectivity index (χ2n) is 10.9. The lowest BCUT2D eigenvalue weighted by molar-refractivity contribution is 0.413. The standard InChI is InChI=1S/C31H37N9O/c1-37(2)14-15-38(3)27-17-28(41-5)25(16-24(27)32)35-31-33-18-22(26-11-12-34-39(26)4)29(36-31)23-19-40-13-7-9-20-8-6-10-21(23)30(20)40/h6,8,10-12,16-19H,7,9,13-15,32H2,1-5H3,(H,33,35,36). The molecule has 1 aliphatic rings. The lowest BCUT2D eigenvalue weighted by Gasteiger charge is -2.24. The van der Waals surface area contributed by atoms with Crippen LogP contribution >= 0.6 is 0 Å². The molecule has 6 rings (SSSR count). The molecule has 10 heteroatoms. The fraction of sp³-hybridized carbons (Fsp3) is 0.323. The summed E-state index contributed by atoms with van der Waals surface area (Å²) in [6, 6.07) is 12.4. The Bertz CT molecular complexity index is 1720. The maximum Gasteiger partial charge on any atom is 0.227 e. The molecule has 41 heavy (non-hydrogen) atoms. The highest BCUT2D eigenvalue weighted by Crippen LogP contribution is 2.40. The Hall–Kier alpha value is -4.57. The van der Waals surface area contributed by atoms with Gasteiger partial charge in [0.1, 0.15) is 5.75 Å². The van der Waals surface area contributed by atoms with E-state index in [2.05, 4.69) is 63.3 Å². The zero-order valence-corrected chi connectivity index (χ0v) is 24.3. The van der Waals surface area contributed by atoms with Crippen LogP contribution in [-0.2, 0) is 20.0 Å². The van der Waals surface area contributed by atoms with Gasteiger partial charge in [-0.15, -0.1) is 0 Å². The van der Waals surface area contributed by atoms with Crippen molar-refractivity contribution in [2.24, 2.45) is 7.05 Å². The lowest BCUT2D eigenvalue weighted by atomic mass is 10.00. The van der Waals surface area contributed by atoms with Crippen molar-refractivity contribution in [3.8, 4) is 28.3 Å². The second kappa shape index (κ2) is 10.8. The number of para-hydroxylation sites is 1. The minimum atomic E-state index is 0.462. The van der Waals surface area contributed by atoms with E-state index in [4.69, 9.17) is 20.4 Å². The van der Waals surface area contributed by atoms with Crippen LogP contribution in [0.4, 0.5) is 23.0 Å². The zero-order valence-electron chi connectivity index (χ0n) is 24.3. The molecule has 3 aromatic heterocycles. The van der Waals surface area contributed by atoms with Gasteiger partial charge in [-0.05, 0) is 44.6 Å². The van der Waals surface area contributed by atoms with Crippen LogP contribution < -0.4 is 20.7 Å². The molecule has 4 heterocycles. The summed E-state index contributed by atoms with van der Waals surface area (Å²) in [6.07, 6.45) is 8.12. The van der Waals surface area contributed by atoms with Gasteiger partial charge in [-0.1, -0.05) is 18.2 Å². The Morgan fingerprint density at radius 1 is 1.10 bits per heavy atom. The van der Waals surface area contributed by atoms with Crippen LogP contribution in [0.25, 0.3) is 33.4 Å². The average Bonchev–Trinajstić information content (AvgIpc) is 3.56. The predicted molar refractivity (Wildman–Crippen MR) is 166 cm³/mol. The number of nitrogens with zero attached hydrogens (tertiary/aromatic N) is 7. The minimum Gasteiger partial charge on any atom is -0.494 e. The SMILES string of the molecule is COc1cc(N(C)CCN(C)C)c(N)cc1Nc1ncc(-c2ccnn2C)c(-c2cn3c4c(cccc24)CCC3)n1. The molecular weight excluding hydrogens is 514 g/mol. The molecule has 0 spiro atoms. The largest absolute Gasteiger partial charge is 0.494 e. The zero-order chi connectivity index (χ0) is 28.7. The van der Waals surface area contributed by atoms with Crippen molar-refractivity contribution in [1.29, 1.82) is 0 Å². The Balaban J connectivity index is 1.43. The summed E-state index contributed by atoms with van der Waals surface area (Å²) in [7, 11) is 9.75. The second-order valence-corrected chi connectivity index (χ2v) is 10.9. The number of nitrogens with two attached hydrogens (primary N) is 1. The topological polar surface area (TPSA) is 102 Å². The van der Waals surface area contributed by atoms with Crippen LogP contribution in [0.2, 0.25) is 0 Å². The molecule has 0 unspecified atom stereocenters. The van der Waals surface area contributed by atoms with Gasteiger partial charge in [0.15, 0.2) is 0 Å². The summed E-state index contributed by atoms with van der Waals surface area (Å²) in [5.74, 6) is 1.13. The highest BCUT2D eigenvalue weighted by atomic mass is 16.5. The summed E-state index contributed by atoms with van der Waals surface area (Å²) in [4.78, 5) is 14.1. The van der Waals surface area contributed by atoms with E-state index in [0.29, 0.717) is 23.1 Å². The molecule has 5 aromatic rings. The number of nitrogens with one attached hydrogen (secondary N) is 1. The molecule has 3 N–H and O–H groups in total. The molecule has 10 nitrogen and oxygen atoms in total. The number of aromatic nitrogens is 5. The smallest absolute Gasteiger partial charge is 0.227 e. The van der Waals surface area contributed by atoms with Gasteiger partial charge in [0.05, 0.1) is 41.1 Å². The van der Waals surface area contributed by atoms with Crippen molar-refractivity contribution in [2.75, 3.05) is 57.3 Å². The average molecular weight is 552 g/mol. The highest BCUT2D eigenvalue weighted by molar-refractivity contribution is 6.00. The molecule has 1 aliphatic heterocycles. The van der Waals surface area contributed by atoms with Gasteiger partial charge < -0.3 is 30.2 Å². The molecule has 212 valence electrons. The highest BCUT2D eigenvalue weighted by Gasteiger charge is 2.22. The fourth-order valence-corrected chi connectivity index (χ4v) is 5.69. The van der Waals surface area contributed by atoms with Gasteiger partial charge in [-0.25, -0.2) is 9.97 Å². The number of aryl methyl sites for hydroxylation is 3. The Labute approximate surface area is 240 Å². The van der Waals surface area contributed by atoms with Gasteiger partial charge >= 0.3 is 0 Å². The summed E-state index contributed by atoms with van der Waals surface area (Å²) in [5.41, 5.74) is 15.3. The molecule has 2 aromatic carbocycles. The van der Waals surface area contributed by atoms with Crippen molar-refractivity contribution < 1.29 is 4.74 Å². The van der Waals surface area contributed by atoms with Gasteiger partial charge in [0, 0.05) is 74.9 Å². The van der Waals surface area contributed by atoms with Crippen molar-refractivity contribution >= 4 is 33.9 Å². The van der Waals surface area contributed by atoms with Gasteiger partial charge in [-0.3, -0.25) is 4.68 Å². The first-order valence-electron chi connectivity index (χ1n) is 13.9. The Kier molecular flexibility index (Phi) is 7.00. The molecule has 0 atom stereocenters. The van der Waals surface area contributed by atoms with Gasteiger partial charge in [0.25, 0.3) is 0 Å². The van der Waals surface area contributed by atoms with Crippen LogP contribution in [0, 0.1) is 0 Å². The Morgan fingerprint density at radius 2 is 1.95 bits per heavy atom. The fourth-order valence-electron chi connectivity index (χ4n) is 5.69. The molecule has 0 aliphatic carbocycles. The van der Waals surface area contributed by atoms with E-state index in [1.54, 1.807) is 13.3 Å².